The summed E-state index contributed by atoms with van der Waals surface area (Å²) in [6.07, 6.45) is 0. The van der Waals surface area contributed by atoms with E-state index in [9.17, 15) is 0 Å². The number of hydrogen-bond acceptors (Lipinski definition) is 2. The van der Waals surface area contributed by atoms with Gasteiger partial charge in [0.1, 0.15) is 5.82 Å². The maximum absolute atomic E-state index is 5.47. The van der Waals surface area contributed by atoms with Gasteiger partial charge < -0.3 is 4.40 Å². The van der Waals surface area contributed by atoms with Gasteiger partial charge in [-0.3, -0.25) is 4.57 Å². The summed E-state index contributed by atoms with van der Waals surface area (Å²) < 4.78 is 4.92. The first-order valence-corrected chi connectivity index (χ1v) is 17.8. The summed E-state index contributed by atoms with van der Waals surface area (Å²) in [5.41, 5.74) is 10.3. The molecule has 0 bridgehead atoms. The van der Waals surface area contributed by atoms with Crippen LogP contribution in [0, 0.1) is 0 Å². The van der Waals surface area contributed by atoms with Gasteiger partial charge >= 0.3 is 0 Å². The van der Waals surface area contributed by atoms with E-state index in [0.29, 0.717) is 5.82 Å². The lowest BCUT2D eigenvalue weighted by Crippen LogP contribution is -2.03. The Labute approximate surface area is 297 Å². The minimum atomic E-state index is 0.706. The third-order valence-corrected chi connectivity index (χ3v) is 11.0. The Bertz CT molecular complexity index is 3390. The molecule has 0 saturated carbocycles. The molecule has 8 aromatic carbocycles. The number of aromatic nitrogens is 4. The number of fused-ring (bicyclic) bond motifs is 13. The molecule has 0 aliphatic rings. The molecule has 0 saturated heterocycles. The lowest BCUT2D eigenvalue weighted by atomic mass is 10.0. The van der Waals surface area contributed by atoms with Gasteiger partial charge in [-0.1, -0.05) is 140 Å². The van der Waals surface area contributed by atoms with Crippen LogP contribution in [0.15, 0.2) is 170 Å². The van der Waals surface area contributed by atoms with Gasteiger partial charge in [0.25, 0.3) is 0 Å². The highest BCUT2D eigenvalue weighted by molar-refractivity contribution is 6.35. The molecule has 240 valence electrons. The van der Waals surface area contributed by atoms with Crippen LogP contribution in [0.2, 0.25) is 0 Å². The topological polar surface area (TPSA) is 35.1 Å². The van der Waals surface area contributed by atoms with Crippen LogP contribution in [0.4, 0.5) is 0 Å². The zero-order chi connectivity index (χ0) is 33.9. The Morgan fingerprint density at radius 1 is 0.365 bits per heavy atom. The second kappa shape index (κ2) is 10.3. The Hall–Kier alpha value is -7.04. The molecule has 4 aromatic heterocycles. The van der Waals surface area contributed by atoms with Crippen LogP contribution in [-0.4, -0.2) is 18.9 Å². The summed E-state index contributed by atoms with van der Waals surface area (Å²) in [7, 11) is 0. The van der Waals surface area contributed by atoms with Gasteiger partial charge in [0.2, 0.25) is 0 Å². The molecule has 0 spiro atoms. The van der Waals surface area contributed by atoms with E-state index in [2.05, 4.69) is 179 Å². The maximum Gasteiger partial charge on any atom is 0.162 e. The lowest BCUT2D eigenvalue weighted by molar-refractivity contribution is 1.08. The standard InChI is InChI=1S/C48H28N4/c1-2-12-29(13-3-1)30-22-24-32(25-23-30)47-49-40-19-9-6-17-36(40)48(50-47)52-41-20-10-7-16-34(41)38-28-39-35-27-26-31-14-4-5-15-33(31)44(35)51-42-21-11-8-18-37(42)43(45(39)51)46(38)52/h1-28H. The molecule has 0 aliphatic carbocycles. The van der Waals surface area contributed by atoms with Crippen LogP contribution in [0.5, 0.6) is 0 Å². The largest absolute Gasteiger partial charge is 0.307 e. The van der Waals surface area contributed by atoms with Crippen molar-refractivity contribution in [3.63, 3.8) is 0 Å². The van der Waals surface area contributed by atoms with E-state index in [1.165, 1.54) is 76.3 Å². The number of nitrogens with zero attached hydrogens (tertiary/aromatic N) is 4. The molecular formula is C48H28N4. The summed E-state index contributed by atoms with van der Waals surface area (Å²) >= 11 is 0. The molecule has 0 atom stereocenters. The van der Waals surface area contributed by atoms with Crippen molar-refractivity contribution in [3.8, 4) is 28.3 Å². The van der Waals surface area contributed by atoms with Crippen LogP contribution in [0.1, 0.15) is 0 Å². The smallest absolute Gasteiger partial charge is 0.162 e. The van der Waals surface area contributed by atoms with Crippen LogP contribution in [0.3, 0.4) is 0 Å². The van der Waals surface area contributed by atoms with Crippen LogP contribution in [0.25, 0.3) is 110 Å². The molecule has 4 heterocycles. The van der Waals surface area contributed by atoms with E-state index in [-0.39, 0.29) is 0 Å². The van der Waals surface area contributed by atoms with Crippen molar-refractivity contribution in [1.82, 2.24) is 18.9 Å². The minimum absolute atomic E-state index is 0.706. The van der Waals surface area contributed by atoms with E-state index >= 15 is 0 Å². The van der Waals surface area contributed by atoms with Gasteiger partial charge in [-0.2, -0.15) is 0 Å². The molecule has 0 unspecified atom stereocenters. The molecule has 12 rings (SSSR count). The average molecular weight is 661 g/mol. The molecule has 0 radical (unpaired) electrons. The van der Waals surface area contributed by atoms with Gasteiger partial charge in [0.05, 0.1) is 33.1 Å². The fourth-order valence-corrected chi connectivity index (χ4v) is 8.78. The van der Waals surface area contributed by atoms with Crippen molar-refractivity contribution in [1.29, 1.82) is 0 Å². The van der Waals surface area contributed by atoms with E-state index in [1.807, 2.05) is 0 Å². The fourth-order valence-electron chi connectivity index (χ4n) is 8.78. The van der Waals surface area contributed by atoms with E-state index in [0.717, 1.165) is 27.8 Å². The second-order valence-electron chi connectivity index (χ2n) is 13.8. The van der Waals surface area contributed by atoms with Crippen molar-refractivity contribution in [2.75, 3.05) is 0 Å². The summed E-state index contributed by atoms with van der Waals surface area (Å²) in [5.74, 6) is 1.59. The number of benzene rings is 8. The number of rotatable bonds is 3. The van der Waals surface area contributed by atoms with E-state index in [1.54, 1.807) is 0 Å². The molecule has 12 aromatic rings. The fraction of sp³-hybridized carbons (Fsp3) is 0. The molecule has 4 heteroatoms. The van der Waals surface area contributed by atoms with Gasteiger partial charge in [-0.25, -0.2) is 9.97 Å². The predicted molar refractivity (Wildman–Crippen MR) is 217 cm³/mol. The maximum atomic E-state index is 5.47. The van der Waals surface area contributed by atoms with Gasteiger partial charge in [-0.05, 0) is 46.8 Å². The number of para-hydroxylation sites is 3. The summed E-state index contributed by atoms with van der Waals surface area (Å²) in [5, 5.41) is 11.0. The van der Waals surface area contributed by atoms with Crippen molar-refractivity contribution >= 4 is 81.6 Å². The quantitative estimate of drug-likeness (QED) is 0.189. The summed E-state index contributed by atoms with van der Waals surface area (Å²) in [6, 6.07) is 60.9. The normalized spacial score (nSPS) is 12.2. The van der Waals surface area contributed by atoms with Crippen LogP contribution < -0.4 is 0 Å². The first-order valence-electron chi connectivity index (χ1n) is 17.8. The molecule has 52 heavy (non-hydrogen) atoms. The highest BCUT2D eigenvalue weighted by Gasteiger charge is 2.26. The van der Waals surface area contributed by atoms with Gasteiger partial charge in [0.15, 0.2) is 5.82 Å². The monoisotopic (exact) mass is 660 g/mol. The molecule has 0 amide bonds. The Balaban J connectivity index is 1.24. The third kappa shape index (κ3) is 3.65. The predicted octanol–water partition coefficient (Wildman–Crippen LogP) is 12.4. The van der Waals surface area contributed by atoms with Crippen molar-refractivity contribution < 1.29 is 0 Å². The zero-order valence-electron chi connectivity index (χ0n) is 28.0. The molecular weight excluding hydrogens is 633 g/mol. The molecule has 0 N–H and O–H groups in total. The molecule has 0 fully saturated rings. The lowest BCUT2D eigenvalue weighted by Gasteiger charge is -2.13. The Kier molecular flexibility index (Phi) is 5.47. The molecule has 0 aliphatic heterocycles. The summed E-state index contributed by atoms with van der Waals surface area (Å²) in [4.78, 5) is 10.6. The van der Waals surface area contributed by atoms with E-state index < -0.39 is 0 Å². The zero-order valence-corrected chi connectivity index (χ0v) is 28.0. The minimum Gasteiger partial charge on any atom is -0.307 e. The van der Waals surface area contributed by atoms with Gasteiger partial charge in [-0.15, -0.1) is 0 Å². The highest BCUT2D eigenvalue weighted by atomic mass is 15.1. The van der Waals surface area contributed by atoms with Crippen molar-refractivity contribution in [3.05, 3.63) is 170 Å². The average Bonchev–Trinajstić information content (AvgIpc) is 3.85. The summed E-state index contributed by atoms with van der Waals surface area (Å²) in [6.45, 7) is 0. The number of hydrogen-bond donors (Lipinski definition) is 0. The first kappa shape index (κ1) is 27.7. The van der Waals surface area contributed by atoms with Crippen LogP contribution >= 0.6 is 0 Å². The van der Waals surface area contributed by atoms with Crippen LogP contribution in [-0.2, 0) is 0 Å². The highest BCUT2D eigenvalue weighted by Crippen LogP contribution is 2.48. The van der Waals surface area contributed by atoms with Crippen molar-refractivity contribution in [2.24, 2.45) is 0 Å². The Morgan fingerprint density at radius 3 is 1.85 bits per heavy atom. The first-order chi connectivity index (χ1) is 25.8. The van der Waals surface area contributed by atoms with Gasteiger partial charge in [0, 0.05) is 48.7 Å². The second-order valence-corrected chi connectivity index (χ2v) is 13.8. The SMILES string of the molecule is c1ccc(-c2ccc(-c3nc(-n4c5ccccc5c5cc6c7ccc8ccccc8c7n7c8ccccc8c(c54)c67)c4ccccc4n3)cc2)cc1. The Morgan fingerprint density at radius 2 is 1.00 bits per heavy atom. The molecule has 4 nitrogen and oxygen atoms in total. The van der Waals surface area contributed by atoms with Crippen molar-refractivity contribution in [2.45, 2.75) is 0 Å². The van der Waals surface area contributed by atoms with E-state index in [4.69, 9.17) is 9.97 Å². The third-order valence-electron chi connectivity index (χ3n) is 11.0.